The molecular formula is C16H27N3O. The minimum atomic E-state index is 0.0847. The average Bonchev–Trinajstić information content (AvgIpc) is 2.85. The van der Waals surface area contributed by atoms with Gasteiger partial charge in [-0.25, -0.2) is 4.98 Å². The van der Waals surface area contributed by atoms with Crippen molar-refractivity contribution in [1.29, 1.82) is 0 Å². The van der Waals surface area contributed by atoms with Crippen LogP contribution in [0.2, 0.25) is 0 Å². The molecule has 20 heavy (non-hydrogen) atoms. The lowest BCUT2D eigenvalue weighted by atomic mass is 10.1. The van der Waals surface area contributed by atoms with Gasteiger partial charge in [0.15, 0.2) is 0 Å². The molecule has 0 amide bonds. The highest BCUT2D eigenvalue weighted by atomic mass is 16.3. The second kappa shape index (κ2) is 6.55. The van der Waals surface area contributed by atoms with Crippen LogP contribution in [0.3, 0.4) is 0 Å². The zero-order chi connectivity index (χ0) is 14.7. The summed E-state index contributed by atoms with van der Waals surface area (Å²) >= 11 is 0. The van der Waals surface area contributed by atoms with Gasteiger partial charge in [0.25, 0.3) is 0 Å². The van der Waals surface area contributed by atoms with Gasteiger partial charge >= 0.3 is 0 Å². The van der Waals surface area contributed by atoms with Gasteiger partial charge in [0.1, 0.15) is 5.82 Å². The quantitative estimate of drug-likeness (QED) is 0.896. The Morgan fingerprint density at radius 3 is 2.75 bits per heavy atom. The van der Waals surface area contributed by atoms with Crippen LogP contribution in [0.5, 0.6) is 0 Å². The Kier molecular flexibility index (Phi) is 5.00. The normalized spacial score (nSPS) is 19.4. The molecule has 1 aliphatic heterocycles. The van der Waals surface area contributed by atoms with E-state index in [9.17, 15) is 5.11 Å². The highest BCUT2D eigenvalue weighted by Crippen LogP contribution is 2.27. The van der Waals surface area contributed by atoms with E-state index in [0.29, 0.717) is 12.0 Å². The molecule has 1 saturated heterocycles. The Morgan fingerprint density at radius 2 is 2.15 bits per heavy atom. The molecule has 4 heteroatoms. The smallest absolute Gasteiger partial charge is 0.129 e. The predicted octanol–water partition coefficient (Wildman–Crippen LogP) is 2.23. The van der Waals surface area contributed by atoms with Crippen molar-refractivity contribution in [3.05, 3.63) is 23.4 Å². The maximum absolute atomic E-state index is 9.47. The van der Waals surface area contributed by atoms with Crippen molar-refractivity contribution in [3.63, 3.8) is 0 Å². The van der Waals surface area contributed by atoms with Gasteiger partial charge < -0.3 is 14.9 Å². The third-order valence-electron chi connectivity index (χ3n) is 3.91. The van der Waals surface area contributed by atoms with Crippen LogP contribution in [0.15, 0.2) is 12.1 Å². The van der Waals surface area contributed by atoms with Crippen LogP contribution in [0.4, 0.5) is 5.82 Å². The summed E-state index contributed by atoms with van der Waals surface area (Å²) in [4.78, 5) is 9.46. The molecule has 0 aromatic carbocycles. The van der Waals surface area contributed by atoms with Gasteiger partial charge in [-0.3, -0.25) is 0 Å². The van der Waals surface area contributed by atoms with E-state index < -0.39 is 0 Å². The third-order valence-corrected chi connectivity index (χ3v) is 3.91. The molecule has 1 N–H and O–H groups in total. The number of likely N-dealkylation sites (N-methyl/N-ethyl adjacent to an activating group) is 1. The molecule has 1 unspecified atom stereocenters. The van der Waals surface area contributed by atoms with E-state index in [1.165, 1.54) is 12.8 Å². The summed E-state index contributed by atoms with van der Waals surface area (Å²) in [6.07, 6.45) is 2.45. The van der Waals surface area contributed by atoms with E-state index in [1.54, 1.807) is 0 Å². The van der Waals surface area contributed by atoms with Crippen LogP contribution in [0.25, 0.3) is 0 Å². The number of nitrogens with zero attached hydrogens (tertiary/aromatic N) is 3. The topological polar surface area (TPSA) is 39.6 Å². The number of rotatable bonds is 5. The molecule has 0 radical (unpaired) electrons. The van der Waals surface area contributed by atoms with Gasteiger partial charge in [0.2, 0.25) is 0 Å². The molecule has 1 aromatic heterocycles. The molecule has 0 aliphatic carbocycles. The zero-order valence-corrected chi connectivity index (χ0v) is 13.1. The SMILES string of the molecule is CC(C)c1cc(CO)cc(N2CCCC2CN(C)C)n1. The molecule has 1 fully saturated rings. The number of anilines is 1. The summed E-state index contributed by atoms with van der Waals surface area (Å²) < 4.78 is 0. The first kappa shape index (κ1) is 15.3. The Morgan fingerprint density at radius 1 is 1.40 bits per heavy atom. The summed E-state index contributed by atoms with van der Waals surface area (Å²) in [5, 5.41) is 9.47. The third kappa shape index (κ3) is 3.49. The average molecular weight is 277 g/mol. The number of hydrogen-bond donors (Lipinski definition) is 1. The fraction of sp³-hybridized carbons (Fsp3) is 0.688. The number of pyridine rings is 1. The first-order valence-corrected chi connectivity index (χ1v) is 7.54. The van der Waals surface area contributed by atoms with Crippen LogP contribution >= 0.6 is 0 Å². The van der Waals surface area contributed by atoms with E-state index in [-0.39, 0.29) is 6.61 Å². The highest BCUT2D eigenvalue weighted by molar-refractivity contribution is 5.45. The monoisotopic (exact) mass is 277 g/mol. The Bertz CT molecular complexity index is 445. The maximum Gasteiger partial charge on any atom is 0.129 e. The van der Waals surface area contributed by atoms with Crippen LogP contribution in [-0.4, -0.2) is 48.2 Å². The van der Waals surface area contributed by atoms with Crippen LogP contribution in [0.1, 0.15) is 43.9 Å². The van der Waals surface area contributed by atoms with E-state index in [0.717, 1.165) is 30.2 Å². The summed E-state index contributed by atoms with van der Waals surface area (Å²) in [6.45, 7) is 6.50. The van der Waals surface area contributed by atoms with Gasteiger partial charge in [-0.05, 0) is 50.6 Å². The minimum absolute atomic E-state index is 0.0847. The zero-order valence-electron chi connectivity index (χ0n) is 13.1. The van der Waals surface area contributed by atoms with Crippen molar-refractivity contribution >= 4 is 5.82 Å². The largest absolute Gasteiger partial charge is 0.392 e. The number of aliphatic hydroxyl groups is 1. The minimum Gasteiger partial charge on any atom is -0.392 e. The number of aliphatic hydroxyl groups excluding tert-OH is 1. The highest BCUT2D eigenvalue weighted by Gasteiger charge is 2.26. The van der Waals surface area contributed by atoms with Crippen molar-refractivity contribution in [1.82, 2.24) is 9.88 Å². The Labute approximate surface area is 122 Å². The molecule has 2 heterocycles. The van der Waals surface area contributed by atoms with Crippen molar-refractivity contribution in [2.45, 2.75) is 45.3 Å². The van der Waals surface area contributed by atoms with Crippen LogP contribution < -0.4 is 4.90 Å². The molecule has 1 aromatic rings. The molecule has 1 aliphatic rings. The molecule has 0 saturated carbocycles. The summed E-state index contributed by atoms with van der Waals surface area (Å²) in [5.41, 5.74) is 2.04. The summed E-state index contributed by atoms with van der Waals surface area (Å²) in [5.74, 6) is 1.42. The lowest BCUT2D eigenvalue weighted by Gasteiger charge is -2.29. The van der Waals surface area contributed by atoms with Crippen LogP contribution in [-0.2, 0) is 6.61 Å². The first-order valence-electron chi connectivity index (χ1n) is 7.54. The first-order chi connectivity index (χ1) is 9.51. The number of hydrogen-bond acceptors (Lipinski definition) is 4. The summed E-state index contributed by atoms with van der Waals surface area (Å²) in [7, 11) is 4.24. The van der Waals surface area contributed by atoms with E-state index >= 15 is 0 Å². The van der Waals surface area contributed by atoms with Crippen molar-refractivity contribution in [2.75, 3.05) is 32.1 Å². The Balaban J connectivity index is 2.28. The van der Waals surface area contributed by atoms with Gasteiger partial charge in [-0.2, -0.15) is 0 Å². The summed E-state index contributed by atoms with van der Waals surface area (Å²) in [6, 6.07) is 4.59. The molecule has 4 nitrogen and oxygen atoms in total. The second-order valence-electron chi connectivity index (χ2n) is 6.32. The molecule has 0 bridgehead atoms. The molecule has 112 valence electrons. The van der Waals surface area contributed by atoms with Gasteiger partial charge in [-0.1, -0.05) is 13.8 Å². The van der Waals surface area contributed by atoms with E-state index in [4.69, 9.17) is 4.98 Å². The lowest BCUT2D eigenvalue weighted by molar-refractivity contribution is 0.281. The van der Waals surface area contributed by atoms with Crippen molar-refractivity contribution in [2.24, 2.45) is 0 Å². The molecule has 2 rings (SSSR count). The van der Waals surface area contributed by atoms with Gasteiger partial charge in [0.05, 0.1) is 6.61 Å². The molecule has 0 spiro atoms. The van der Waals surface area contributed by atoms with E-state index in [2.05, 4.69) is 37.7 Å². The maximum atomic E-state index is 9.47. The second-order valence-corrected chi connectivity index (χ2v) is 6.32. The molecular weight excluding hydrogens is 250 g/mol. The lowest BCUT2D eigenvalue weighted by Crippen LogP contribution is -2.38. The standard InChI is InChI=1S/C16H27N3O/c1-12(2)15-8-13(11-20)9-16(17-15)19-7-5-6-14(19)10-18(3)4/h8-9,12,14,20H,5-7,10-11H2,1-4H3. The van der Waals surface area contributed by atoms with Crippen LogP contribution in [0, 0.1) is 0 Å². The Hall–Kier alpha value is -1.13. The number of aromatic nitrogens is 1. The fourth-order valence-corrected chi connectivity index (χ4v) is 2.88. The van der Waals surface area contributed by atoms with Gasteiger partial charge in [-0.15, -0.1) is 0 Å². The predicted molar refractivity (Wildman–Crippen MR) is 83.2 cm³/mol. The van der Waals surface area contributed by atoms with Crippen molar-refractivity contribution in [3.8, 4) is 0 Å². The van der Waals surface area contributed by atoms with Gasteiger partial charge in [0, 0.05) is 24.8 Å². The molecule has 1 atom stereocenters. The fourth-order valence-electron chi connectivity index (χ4n) is 2.88. The van der Waals surface area contributed by atoms with E-state index in [1.807, 2.05) is 12.1 Å². The van der Waals surface area contributed by atoms with Crippen molar-refractivity contribution < 1.29 is 5.11 Å².